The van der Waals surface area contributed by atoms with Crippen molar-refractivity contribution in [2.45, 2.75) is 12.3 Å². The number of hydrogen-bond donors (Lipinski definition) is 2. The molecule has 1 saturated heterocycles. The smallest absolute Gasteiger partial charge is 0.382 e. The zero-order chi connectivity index (χ0) is 22.6. The van der Waals surface area contributed by atoms with Crippen molar-refractivity contribution in [3.63, 3.8) is 0 Å². The highest BCUT2D eigenvalue weighted by molar-refractivity contribution is 6.30. The van der Waals surface area contributed by atoms with Gasteiger partial charge in [-0.15, -0.1) is 0 Å². The number of halogens is 4. The maximum atomic E-state index is 13.1. The van der Waals surface area contributed by atoms with Crippen LogP contribution in [0.15, 0.2) is 42.5 Å². The number of piperazine rings is 1. The summed E-state index contributed by atoms with van der Waals surface area (Å²) in [6.45, 7) is 2.67. The van der Waals surface area contributed by atoms with Crippen LogP contribution in [0.25, 0.3) is 0 Å². The minimum absolute atomic E-state index is 0.0582. The summed E-state index contributed by atoms with van der Waals surface area (Å²) in [5.74, 6) is -0.807. The number of carbonyl (C=O) groups excluding carboxylic acids is 1. The Morgan fingerprint density at radius 3 is 2.39 bits per heavy atom. The summed E-state index contributed by atoms with van der Waals surface area (Å²) in [7, 11) is 0. The maximum Gasteiger partial charge on any atom is 0.417 e. The van der Waals surface area contributed by atoms with Crippen LogP contribution in [-0.2, 0) is 11.0 Å². The third kappa shape index (κ3) is 5.88. The number of rotatable bonds is 5. The highest BCUT2D eigenvalue weighted by Crippen LogP contribution is 2.33. The molecule has 3 rings (SSSR count). The molecule has 1 amide bonds. The zero-order valence-electron chi connectivity index (χ0n) is 16.4. The molecule has 164 valence electrons. The number of hydrogen-bond acceptors (Lipinski definition) is 5. The Labute approximate surface area is 182 Å². The van der Waals surface area contributed by atoms with Gasteiger partial charge in [0, 0.05) is 49.1 Å². The molecule has 2 aromatic rings. The lowest BCUT2D eigenvalue weighted by Crippen LogP contribution is -2.50. The highest BCUT2D eigenvalue weighted by Gasteiger charge is 2.34. The van der Waals surface area contributed by atoms with E-state index in [-0.39, 0.29) is 12.2 Å². The summed E-state index contributed by atoms with van der Waals surface area (Å²) >= 11 is 5.90. The van der Waals surface area contributed by atoms with Gasteiger partial charge in [0.1, 0.15) is 6.10 Å². The van der Waals surface area contributed by atoms with Crippen LogP contribution >= 0.6 is 11.6 Å². The molecule has 2 N–H and O–H groups in total. The van der Waals surface area contributed by atoms with E-state index < -0.39 is 29.3 Å². The van der Waals surface area contributed by atoms with E-state index in [0.29, 0.717) is 37.3 Å². The summed E-state index contributed by atoms with van der Waals surface area (Å²) in [4.78, 5) is 16.3. The molecular formula is C21H20ClF3N4O2. The number of nitrogens with one attached hydrogen (secondary N) is 1. The summed E-state index contributed by atoms with van der Waals surface area (Å²) in [5.41, 5.74) is -0.781. The second-order valence-electron chi connectivity index (χ2n) is 7.14. The molecule has 6 nitrogen and oxygen atoms in total. The van der Waals surface area contributed by atoms with E-state index in [9.17, 15) is 23.1 Å². The van der Waals surface area contributed by atoms with Crippen LogP contribution in [0, 0.1) is 11.3 Å². The van der Waals surface area contributed by atoms with Crippen LogP contribution in [0.1, 0.15) is 11.1 Å². The highest BCUT2D eigenvalue weighted by atomic mass is 35.5. The van der Waals surface area contributed by atoms with Gasteiger partial charge in [-0.25, -0.2) is 0 Å². The Hall–Kier alpha value is -2.80. The number of carbonyl (C=O) groups is 1. The molecule has 1 aliphatic heterocycles. The predicted molar refractivity (Wildman–Crippen MR) is 111 cm³/mol. The number of β-amino-alcohol motifs (C(OH)–C–C–N with tert-alkyl or cyclic N) is 1. The van der Waals surface area contributed by atoms with Gasteiger partial charge >= 0.3 is 6.18 Å². The minimum Gasteiger partial charge on any atom is -0.382 e. The largest absolute Gasteiger partial charge is 0.417 e. The maximum absolute atomic E-state index is 13.1. The first kappa shape index (κ1) is 22.9. The summed E-state index contributed by atoms with van der Waals surface area (Å²) < 4.78 is 39.2. The second kappa shape index (κ2) is 9.56. The van der Waals surface area contributed by atoms with Gasteiger partial charge in [0.05, 0.1) is 17.2 Å². The number of nitrogens with zero attached hydrogens (tertiary/aromatic N) is 3. The number of aliphatic hydroxyl groups excluding tert-OH is 1. The summed E-state index contributed by atoms with van der Waals surface area (Å²) in [5, 5.41) is 22.0. The molecule has 0 aliphatic carbocycles. The van der Waals surface area contributed by atoms with Crippen molar-refractivity contribution in [2.24, 2.45) is 0 Å². The predicted octanol–water partition coefficient (Wildman–Crippen LogP) is 3.35. The van der Waals surface area contributed by atoms with Gasteiger partial charge in [0.15, 0.2) is 0 Å². The second-order valence-corrected chi connectivity index (χ2v) is 7.58. The average molecular weight is 453 g/mol. The normalized spacial score (nSPS) is 15.9. The molecule has 2 aromatic carbocycles. The van der Waals surface area contributed by atoms with Crippen molar-refractivity contribution in [2.75, 3.05) is 42.9 Å². The standard InChI is InChI=1S/C21H20ClF3N4O2/c22-15-2-5-17(6-3-15)29-9-7-28(8-10-29)13-19(30)20(31)27-16-4-1-14(12-26)18(11-16)21(23,24)25/h1-6,11,19,30H,7-10,13H2,(H,27,31). The number of benzene rings is 2. The van der Waals surface area contributed by atoms with Crippen LogP contribution in [0.2, 0.25) is 5.02 Å². The Morgan fingerprint density at radius 2 is 1.81 bits per heavy atom. The van der Waals surface area contributed by atoms with Crippen molar-refractivity contribution in [1.29, 1.82) is 5.26 Å². The average Bonchev–Trinajstić information content (AvgIpc) is 2.74. The van der Waals surface area contributed by atoms with Gasteiger partial charge < -0.3 is 15.3 Å². The molecule has 0 radical (unpaired) electrons. The van der Waals surface area contributed by atoms with Gasteiger partial charge in [0.2, 0.25) is 0 Å². The lowest BCUT2D eigenvalue weighted by atomic mass is 10.1. The summed E-state index contributed by atoms with van der Waals surface area (Å²) in [6, 6.07) is 11.8. The van der Waals surface area contributed by atoms with Gasteiger partial charge in [-0.2, -0.15) is 18.4 Å². The minimum atomic E-state index is -4.73. The molecule has 1 fully saturated rings. The molecule has 0 saturated carbocycles. The van der Waals surface area contributed by atoms with Crippen molar-refractivity contribution in [3.8, 4) is 6.07 Å². The van der Waals surface area contributed by atoms with Crippen molar-refractivity contribution < 1.29 is 23.1 Å². The van der Waals surface area contributed by atoms with Crippen LogP contribution in [-0.4, -0.2) is 54.7 Å². The number of nitriles is 1. The molecule has 1 atom stereocenters. The number of aliphatic hydroxyl groups is 1. The molecule has 1 heterocycles. The number of anilines is 2. The first-order chi connectivity index (χ1) is 14.7. The van der Waals surface area contributed by atoms with Crippen LogP contribution in [0.3, 0.4) is 0 Å². The fourth-order valence-electron chi connectivity index (χ4n) is 3.35. The van der Waals surface area contributed by atoms with Crippen LogP contribution in [0.4, 0.5) is 24.5 Å². The summed E-state index contributed by atoms with van der Waals surface area (Å²) in [6.07, 6.45) is -6.14. The van der Waals surface area contributed by atoms with Gasteiger partial charge in [-0.3, -0.25) is 9.69 Å². The number of alkyl halides is 3. The topological polar surface area (TPSA) is 79.6 Å². The Morgan fingerprint density at radius 1 is 1.16 bits per heavy atom. The van der Waals surface area contributed by atoms with E-state index in [0.717, 1.165) is 11.8 Å². The molecule has 31 heavy (non-hydrogen) atoms. The molecule has 0 bridgehead atoms. The molecule has 1 unspecified atom stereocenters. The van der Waals surface area contributed by atoms with Crippen molar-refractivity contribution in [1.82, 2.24) is 4.90 Å². The quantitative estimate of drug-likeness (QED) is 0.727. The monoisotopic (exact) mass is 452 g/mol. The van der Waals surface area contributed by atoms with Gasteiger partial charge in [-0.05, 0) is 42.5 Å². The fraction of sp³-hybridized carbons (Fsp3) is 0.333. The zero-order valence-corrected chi connectivity index (χ0v) is 17.1. The molecule has 10 heteroatoms. The Bertz CT molecular complexity index is 968. The van der Waals surface area contributed by atoms with Gasteiger partial charge in [-0.1, -0.05) is 11.6 Å². The Balaban J connectivity index is 1.54. The van der Waals surface area contributed by atoms with E-state index in [4.69, 9.17) is 16.9 Å². The van der Waals surface area contributed by atoms with E-state index in [1.807, 2.05) is 29.2 Å². The lowest BCUT2D eigenvalue weighted by molar-refractivity contribution is -0.137. The van der Waals surface area contributed by atoms with E-state index in [1.165, 1.54) is 12.1 Å². The van der Waals surface area contributed by atoms with Crippen LogP contribution < -0.4 is 10.2 Å². The van der Waals surface area contributed by atoms with Crippen molar-refractivity contribution in [3.05, 3.63) is 58.6 Å². The lowest BCUT2D eigenvalue weighted by Gasteiger charge is -2.36. The van der Waals surface area contributed by atoms with Gasteiger partial charge in [0.25, 0.3) is 5.91 Å². The third-order valence-corrected chi connectivity index (χ3v) is 5.26. The van der Waals surface area contributed by atoms with Crippen LogP contribution in [0.5, 0.6) is 0 Å². The van der Waals surface area contributed by atoms with E-state index >= 15 is 0 Å². The molecule has 0 spiro atoms. The molecule has 0 aromatic heterocycles. The number of amides is 1. The van der Waals surface area contributed by atoms with E-state index in [2.05, 4.69) is 10.2 Å². The first-order valence-corrected chi connectivity index (χ1v) is 9.88. The Kier molecular flexibility index (Phi) is 7.05. The SMILES string of the molecule is N#Cc1ccc(NC(=O)C(O)CN2CCN(c3ccc(Cl)cc3)CC2)cc1C(F)(F)F. The van der Waals surface area contributed by atoms with E-state index in [1.54, 1.807) is 0 Å². The molecule has 1 aliphatic rings. The molecular weight excluding hydrogens is 433 g/mol. The van der Waals surface area contributed by atoms with Crippen molar-refractivity contribution >= 4 is 28.9 Å². The fourth-order valence-corrected chi connectivity index (χ4v) is 3.47. The first-order valence-electron chi connectivity index (χ1n) is 9.50. The third-order valence-electron chi connectivity index (χ3n) is 5.01.